The van der Waals surface area contributed by atoms with E-state index in [0.29, 0.717) is 6.61 Å². The van der Waals surface area contributed by atoms with E-state index in [0.717, 1.165) is 0 Å². The molecule has 0 unspecified atom stereocenters. The zero-order chi connectivity index (χ0) is 12.1. The van der Waals surface area contributed by atoms with Crippen LogP contribution in [0.4, 0.5) is 0 Å². The summed E-state index contributed by atoms with van der Waals surface area (Å²) < 4.78 is 5.12. The molecular weight excluding hydrogens is 212 g/mol. The van der Waals surface area contributed by atoms with E-state index in [4.69, 9.17) is 9.84 Å². The minimum atomic E-state index is -1.24. The van der Waals surface area contributed by atoms with E-state index in [1.165, 1.54) is 6.07 Å². The Kier molecular flexibility index (Phi) is 4.13. The predicted octanol–water partition coefficient (Wildman–Crippen LogP) is 1.30. The number of aliphatic carboxylic acids is 1. The van der Waals surface area contributed by atoms with Crippen LogP contribution in [0.1, 0.15) is 25.0 Å². The lowest BCUT2D eigenvalue weighted by atomic mass is 10.1. The van der Waals surface area contributed by atoms with Crippen LogP contribution >= 0.6 is 0 Å². The maximum atomic E-state index is 10.4. The second kappa shape index (κ2) is 5.37. The zero-order valence-corrected chi connectivity index (χ0v) is 8.88. The number of aliphatic hydroxyl groups is 1. The number of phenolic OH excluding ortho intramolecular Hbond substituents is 1. The summed E-state index contributed by atoms with van der Waals surface area (Å²) in [6.07, 6.45) is -1.69. The van der Waals surface area contributed by atoms with Gasteiger partial charge < -0.3 is 20.1 Å². The Labute approximate surface area is 92.9 Å². The van der Waals surface area contributed by atoms with Crippen molar-refractivity contribution in [1.29, 1.82) is 0 Å². The summed E-state index contributed by atoms with van der Waals surface area (Å²) >= 11 is 0. The van der Waals surface area contributed by atoms with Gasteiger partial charge in [0.25, 0.3) is 0 Å². The third-order valence-electron chi connectivity index (χ3n) is 2.06. The monoisotopic (exact) mass is 226 g/mol. The van der Waals surface area contributed by atoms with E-state index in [9.17, 15) is 15.0 Å². The number of phenols is 1. The lowest BCUT2D eigenvalue weighted by molar-refractivity contribution is -0.139. The molecule has 0 amide bonds. The fraction of sp³-hybridized carbons (Fsp3) is 0.364. The van der Waals surface area contributed by atoms with Gasteiger partial charge in [-0.25, -0.2) is 0 Å². The number of aliphatic hydroxyl groups excluding tert-OH is 1. The van der Waals surface area contributed by atoms with Gasteiger partial charge in [0.2, 0.25) is 0 Å². The summed E-state index contributed by atoms with van der Waals surface area (Å²) in [5.74, 6) is -1.10. The molecule has 88 valence electrons. The van der Waals surface area contributed by atoms with Crippen LogP contribution in [0.25, 0.3) is 0 Å². The first-order valence-corrected chi connectivity index (χ1v) is 4.90. The van der Waals surface area contributed by atoms with Crippen molar-refractivity contribution in [2.75, 3.05) is 6.61 Å². The highest BCUT2D eigenvalue weighted by Gasteiger charge is 2.18. The number of benzene rings is 1. The van der Waals surface area contributed by atoms with Gasteiger partial charge in [0.15, 0.2) is 11.5 Å². The molecular formula is C11H14O5. The van der Waals surface area contributed by atoms with Crippen LogP contribution < -0.4 is 4.74 Å². The first-order valence-electron chi connectivity index (χ1n) is 4.90. The molecule has 16 heavy (non-hydrogen) atoms. The van der Waals surface area contributed by atoms with E-state index in [2.05, 4.69) is 0 Å². The number of hydrogen-bond donors (Lipinski definition) is 3. The summed E-state index contributed by atoms with van der Waals surface area (Å²) in [4.78, 5) is 10.4. The van der Waals surface area contributed by atoms with Gasteiger partial charge in [-0.1, -0.05) is 12.1 Å². The molecule has 0 aliphatic carbocycles. The quantitative estimate of drug-likeness (QED) is 0.704. The second-order valence-corrected chi connectivity index (χ2v) is 3.24. The van der Waals surface area contributed by atoms with Gasteiger partial charge in [-0.3, -0.25) is 4.79 Å². The Morgan fingerprint density at radius 2 is 2.19 bits per heavy atom. The third-order valence-corrected chi connectivity index (χ3v) is 2.06. The molecule has 1 rings (SSSR count). The lowest BCUT2D eigenvalue weighted by Gasteiger charge is -2.13. The average Bonchev–Trinajstić information content (AvgIpc) is 2.20. The van der Waals surface area contributed by atoms with Crippen LogP contribution in [0.15, 0.2) is 18.2 Å². The second-order valence-electron chi connectivity index (χ2n) is 3.24. The van der Waals surface area contributed by atoms with Crippen molar-refractivity contribution >= 4 is 5.97 Å². The van der Waals surface area contributed by atoms with Crippen molar-refractivity contribution in [3.63, 3.8) is 0 Å². The van der Waals surface area contributed by atoms with Crippen molar-refractivity contribution in [3.8, 4) is 11.5 Å². The van der Waals surface area contributed by atoms with E-state index >= 15 is 0 Å². The molecule has 0 saturated carbocycles. The molecule has 0 radical (unpaired) electrons. The lowest BCUT2D eigenvalue weighted by Crippen LogP contribution is -2.06. The first-order chi connectivity index (χ1) is 7.56. The number of carbonyl (C=O) groups is 1. The molecule has 1 aromatic carbocycles. The number of rotatable bonds is 5. The molecule has 0 aromatic heterocycles. The minimum absolute atomic E-state index is 0.161. The van der Waals surface area contributed by atoms with Crippen LogP contribution in [-0.2, 0) is 4.79 Å². The molecule has 0 aliphatic heterocycles. The molecule has 0 spiro atoms. The fourth-order valence-electron chi connectivity index (χ4n) is 1.36. The molecule has 5 heteroatoms. The Morgan fingerprint density at radius 3 is 2.75 bits per heavy atom. The summed E-state index contributed by atoms with van der Waals surface area (Å²) in [6, 6.07) is 4.60. The smallest absolute Gasteiger partial charge is 0.306 e. The Bertz CT molecular complexity index is 375. The number of ether oxygens (including phenoxy) is 1. The first kappa shape index (κ1) is 12.3. The highest BCUT2D eigenvalue weighted by molar-refractivity contribution is 5.68. The number of carboxylic acids is 1. The molecule has 0 saturated heterocycles. The molecule has 1 aromatic rings. The maximum Gasteiger partial charge on any atom is 0.306 e. The standard InChI is InChI=1S/C11H14O5/c1-2-16-9-5-3-4-7(11(9)15)8(12)6-10(13)14/h3-5,8,12,15H,2,6H2,1H3,(H,13,14)/t8-/m0/s1. The van der Waals surface area contributed by atoms with E-state index in [1.807, 2.05) is 0 Å². The van der Waals surface area contributed by atoms with Crippen molar-refractivity contribution in [2.45, 2.75) is 19.4 Å². The maximum absolute atomic E-state index is 10.4. The highest BCUT2D eigenvalue weighted by atomic mass is 16.5. The van der Waals surface area contributed by atoms with E-state index < -0.39 is 18.5 Å². The van der Waals surface area contributed by atoms with Crippen molar-refractivity contribution in [2.24, 2.45) is 0 Å². The molecule has 0 aliphatic rings. The summed E-state index contributed by atoms with van der Waals surface area (Å²) in [6.45, 7) is 2.14. The molecule has 3 N–H and O–H groups in total. The summed E-state index contributed by atoms with van der Waals surface area (Å²) in [5.41, 5.74) is 0.161. The Hall–Kier alpha value is -1.75. The van der Waals surface area contributed by atoms with Crippen molar-refractivity contribution in [1.82, 2.24) is 0 Å². The molecule has 0 bridgehead atoms. The minimum Gasteiger partial charge on any atom is -0.504 e. The number of aromatic hydroxyl groups is 1. The largest absolute Gasteiger partial charge is 0.504 e. The topological polar surface area (TPSA) is 87.0 Å². The van der Waals surface area contributed by atoms with Gasteiger partial charge in [0, 0.05) is 5.56 Å². The van der Waals surface area contributed by atoms with Gasteiger partial charge >= 0.3 is 5.97 Å². The SMILES string of the molecule is CCOc1cccc([C@@H](O)CC(=O)O)c1O. The average molecular weight is 226 g/mol. The van der Waals surface area contributed by atoms with E-state index in [-0.39, 0.29) is 17.1 Å². The van der Waals surface area contributed by atoms with E-state index in [1.54, 1.807) is 19.1 Å². The van der Waals surface area contributed by atoms with Crippen molar-refractivity contribution < 1.29 is 24.9 Å². The Morgan fingerprint density at radius 1 is 1.50 bits per heavy atom. The predicted molar refractivity (Wildman–Crippen MR) is 56.5 cm³/mol. The molecule has 0 heterocycles. The summed E-state index contributed by atoms with van der Waals surface area (Å²) in [5, 5.41) is 27.8. The molecule has 1 atom stereocenters. The van der Waals surface area contributed by atoms with Crippen molar-refractivity contribution in [3.05, 3.63) is 23.8 Å². The number of para-hydroxylation sites is 1. The third kappa shape index (κ3) is 2.87. The van der Waals surface area contributed by atoms with Crippen LogP contribution in [0.3, 0.4) is 0 Å². The summed E-state index contributed by atoms with van der Waals surface area (Å²) in [7, 11) is 0. The van der Waals surface area contributed by atoms with Crippen LogP contribution in [0.2, 0.25) is 0 Å². The Balaban J connectivity index is 2.95. The number of hydrogen-bond acceptors (Lipinski definition) is 4. The van der Waals surface area contributed by atoms with Gasteiger partial charge in [-0.15, -0.1) is 0 Å². The zero-order valence-electron chi connectivity index (χ0n) is 8.88. The van der Waals surface area contributed by atoms with Crippen LogP contribution in [0, 0.1) is 0 Å². The highest BCUT2D eigenvalue weighted by Crippen LogP contribution is 2.34. The van der Waals surface area contributed by atoms with Gasteiger partial charge in [-0.2, -0.15) is 0 Å². The molecule has 0 fully saturated rings. The van der Waals surface area contributed by atoms with Crippen LogP contribution in [-0.4, -0.2) is 27.9 Å². The van der Waals surface area contributed by atoms with Crippen LogP contribution in [0.5, 0.6) is 11.5 Å². The fourth-order valence-corrected chi connectivity index (χ4v) is 1.36. The van der Waals surface area contributed by atoms with Gasteiger partial charge in [-0.05, 0) is 13.0 Å². The molecule has 5 nitrogen and oxygen atoms in total. The normalized spacial score (nSPS) is 12.1. The number of carboxylic acid groups (broad SMARTS) is 1. The van der Waals surface area contributed by atoms with Gasteiger partial charge in [0.05, 0.1) is 19.1 Å². The van der Waals surface area contributed by atoms with Gasteiger partial charge in [0.1, 0.15) is 0 Å².